The Labute approximate surface area is 159 Å². The van der Waals surface area contributed by atoms with E-state index in [1.165, 1.54) is 0 Å². The molecule has 0 amide bonds. The summed E-state index contributed by atoms with van der Waals surface area (Å²) >= 11 is 0. The van der Waals surface area contributed by atoms with Crippen molar-refractivity contribution in [3.05, 3.63) is 36.5 Å². The molecule has 4 rings (SSSR count). The molecular formula is C16H23Cl2N7. The van der Waals surface area contributed by atoms with Crippen molar-refractivity contribution < 1.29 is 0 Å². The first kappa shape index (κ1) is 19.6. The first-order valence-corrected chi connectivity index (χ1v) is 8.14. The van der Waals surface area contributed by atoms with E-state index in [9.17, 15) is 0 Å². The van der Waals surface area contributed by atoms with Crippen LogP contribution in [0.4, 0.5) is 11.8 Å². The molecule has 0 aromatic carbocycles. The van der Waals surface area contributed by atoms with Crippen molar-refractivity contribution >= 4 is 36.6 Å². The third kappa shape index (κ3) is 4.29. The number of aromatic nitrogens is 4. The SMILES string of the molecule is Cl.Cl.NC1CC(c2cc(N3CCN(c4ncccn4)CC3)ncn2)C1. The summed E-state index contributed by atoms with van der Waals surface area (Å²) in [7, 11) is 0. The summed E-state index contributed by atoms with van der Waals surface area (Å²) in [6, 6.07) is 4.31. The molecule has 2 fully saturated rings. The molecule has 1 saturated heterocycles. The molecule has 0 bridgehead atoms. The zero-order valence-electron chi connectivity index (χ0n) is 13.9. The molecule has 9 heteroatoms. The fourth-order valence-corrected chi connectivity index (χ4v) is 3.25. The largest absolute Gasteiger partial charge is 0.353 e. The van der Waals surface area contributed by atoms with Gasteiger partial charge in [0, 0.05) is 62.3 Å². The Balaban J connectivity index is 0.00000113. The van der Waals surface area contributed by atoms with Crippen molar-refractivity contribution in [1.82, 2.24) is 19.9 Å². The van der Waals surface area contributed by atoms with Crippen molar-refractivity contribution in [2.45, 2.75) is 24.8 Å². The van der Waals surface area contributed by atoms with Gasteiger partial charge in [-0.05, 0) is 18.9 Å². The number of rotatable bonds is 3. The fraction of sp³-hybridized carbons (Fsp3) is 0.500. The van der Waals surface area contributed by atoms with Crippen LogP contribution in [-0.4, -0.2) is 52.2 Å². The summed E-state index contributed by atoms with van der Waals surface area (Å²) in [6.07, 6.45) is 7.33. The molecule has 2 aromatic heterocycles. The van der Waals surface area contributed by atoms with Gasteiger partial charge in [-0.1, -0.05) is 0 Å². The molecule has 0 spiro atoms. The maximum absolute atomic E-state index is 5.89. The summed E-state index contributed by atoms with van der Waals surface area (Å²) in [5.74, 6) is 2.33. The van der Waals surface area contributed by atoms with Crippen LogP contribution in [-0.2, 0) is 0 Å². The highest BCUT2D eigenvalue weighted by Gasteiger charge is 2.29. The predicted molar refractivity (Wildman–Crippen MR) is 103 cm³/mol. The van der Waals surface area contributed by atoms with Crippen molar-refractivity contribution in [2.24, 2.45) is 5.73 Å². The topological polar surface area (TPSA) is 84.1 Å². The molecule has 0 atom stereocenters. The van der Waals surface area contributed by atoms with Gasteiger partial charge in [-0.3, -0.25) is 0 Å². The summed E-state index contributed by atoms with van der Waals surface area (Å²) in [5.41, 5.74) is 7.02. The average Bonchev–Trinajstić information content (AvgIpc) is 2.60. The standard InChI is InChI=1S/C16H21N7.2ClH/c17-13-8-12(9-13)14-10-15(21-11-20-14)22-4-6-23(7-5-22)16-18-2-1-3-19-16;;/h1-3,10-13H,4-9,17H2;2*1H. The van der Waals surface area contributed by atoms with E-state index in [0.29, 0.717) is 12.0 Å². The van der Waals surface area contributed by atoms with Gasteiger partial charge in [-0.25, -0.2) is 19.9 Å². The minimum Gasteiger partial charge on any atom is -0.353 e. The molecule has 2 aliphatic rings. The summed E-state index contributed by atoms with van der Waals surface area (Å²) in [4.78, 5) is 22.0. The highest BCUT2D eigenvalue weighted by molar-refractivity contribution is 5.85. The van der Waals surface area contributed by atoms with Crippen molar-refractivity contribution in [2.75, 3.05) is 36.0 Å². The van der Waals surface area contributed by atoms with Gasteiger partial charge in [0.05, 0.1) is 0 Å². The van der Waals surface area contributed by atoms with Gasteiger partial charge in [-0.2, -0.15) is 0 Å². The molecule has 25 heavy (non-hydrogen) atoms. The van der Waals surface area contributed by atoms with Crippen molar-refractivity contribution in [1.29, 1.82) is 0 Å². The Hall–Kier alpha value is -1.70. The molecule has 0 unspecified atom stereocenters. The lowest BCUT2D eigenvalue weighted by atomic mass is 9.78. The Morgan fingerprint density at radius 3 is 2.16 bits per heavy atom. The molecule has 1 aliphatic carbocycles. The van der Waals surface area contributed by atoms with Crippen LogP contribution < -0.4 is 15.5 Å². The molecule has 7 nitrogen and oxygen atoms in total. The van der Waals surface area contributed by atoms with Gasteiger partial charge in [0.25, 0.3) is 0 Å². The Morgan fingerprint density at radius 2 is 1.52 bits per heavy atom. The second kappa shape index (κ2) is 8.60. The fourth-order valence-electron chi connectivity index (χ4n) is 3.25. The van der Waals surface area contributed by atoms with Crippen LogP contribution in [0.15, 0.2) is 30.9 Å². The summed E-state index contributed by atoms with van der Waals surface area (Å²) in [5, 5.41) is 0. The van der Waals surface area contributed by atoms with Gasteiger partial charge >= 0.3 is 0 Å². The first-order chi connectivity index (χ1) is 11.3. The van der Waals surface area contributed by atoms with Crippen LogP contribution in [0.3, 0.4) is 0 Å². The van der Waals surface area contributed by atoms with Crippen molar-refractivity contribution in [3.63, 3.8) is 0 Å². The van der Waals surface area contributed by atoms with Crippen molar-refractivity contribution in [3.8, 4) is 0 Å². The minimum absolute atomic E-state index is 0. The van der Waals surface area contributed by atoms with Crippen LogP contribution in [0.1, 0.15) is 24.5 Å². The van der Waals surface area contributed by atoms with Crippen LogP contribution in [0.5, 0.6) is 0 Å². The number of anilines is 2. The van der Waals surface area contributed by atoms with Crippen LogP contribution >= 0.6 is 24.8 Å². The van der Waals surface area contributed by atoms with Crippen LogP contribution in [0.25, 0.3) is 0 Å². The number of piperazine rings is 1. The maximum atomic E-state index is 5.89. The Bertz CT molecular complexity index is 659. The van der Waals surface area contributed by atoms with E-state index in [2.05, 4.69) is 35.8 Å². The normalized spacial score (nSPS) is 22.4. The van der Waals surface area contributed by atoms with Gasteiger partial charge in [0.1, 0.15) is 12.1 Å². The average molecular weight is 384 g/mol. The lowest BCUT2D eigenvalue weighted by Crippen LogP contribution is -2.47. The molecular weight excluding hydrogens is 361 g/mol. The van der Waals surface area contributed by atoms with Gasteiger partial charge in [0.15, 0.2) is 0 Å². The zero-order valence-corrected chi connectivity index (χ0v) is 15.5. The quantitative estimate of drug-likeness (QED) is 0.861. The number of nitrogens with zero attached hydrogens (tertiary/aromatic N) is 6. The van der Waals surface area contributed by atoms with E-state index >= 15 is 0 Å². The predicted octanol–water partition coefficient (Wildman–Crippen LogP) is 1.64. The van der Waals surface area contributed by atoms with Gasteiger partial charge in [-0.15, -0.1) is 24.8 Å². The molecule has 2 N–H and O–H groups in total. The lowest BCUT2D eigenvalue weighted by molar-refractivity contribution is 0.345. The molecule has 0 radical (unpaired) electrons. The highest BCUT2D eigenvalue weighted by atomic mass is 35.5. The number of halogens is 2. The highest BCUT2D eigenvalue weighted by Crippen LogP contribution is 2.35. The zero-order chi connectivity index (χ0) is 15.6. The second-order valence-corrected chi connectivity index (χ2v) is 6.25. The number of hydrogen-bond donors (Lipinski definition) is 1. The molecule has 1 saturated carbocycles. The van der Waals surface area contributed by atoms with Gasteiger partial charge in [0.2, 0.25) is 5.95 Å². The minimum atomic E-state index is 0. The Kier molecular flexibility index (Phi) is 6.75. The molecule has 2 aromatic rings. The first-order valence-electron chi connectivity index (χ1n) is 8.14. The number of hydrogen-bond acceptors (Lipinski definition) is 7. The van der Waals surface area contributed by atoms with E-state index in [1.54, 1.807) is 18.7 Å². The molecule has 1 aliphatic heterocycles. The van der Waals surface area contributed by atoms with Crippen LogP contribution in [0.2, 0.25) is 0 Å². The summed E-state index contributed by atoms with van der Waals surface area (Å²) < 4.78 is 0. The molecule has 3 heterocycles. The Morgan fingerprint density at radius 1 is 0.880 bits per heavy atom. The smallest absolute Gasteiger partial charge is 0.225 e. The third-order valence-electron chi connectivity index (χ3n) is 4.71. The van der Waals surface area contributed by atoms with Crippen LogP contribution in [0, 0.1) is 0 Å². The van der Waals surface area contributed by atoms with E-state index in [4.69, 9.17) is 5.73 Å². The lowest BCUT2D eigenvalue weighted by Gasteiger charge is -2.36. The maximum Gasteiger partial charge on any atom is 0.225 e. The second-order valence-electron chi connectivity index (χ2n) is 6.25. The monoisotopic (exact) mass is 383 g/mol. The molecule has 136 valence electrons. The van der Waals surface area contributed by atoms with E-state index in [-0.39, 0.29) is 24.8 Å². The number of nitrogens with two attached hydrogens (primary N) is 1. The summed E-state index contributed by atoms with van der Waals surface area (Å²) in [6.45, 7) is 3.63. The van der Waals surface area contributed by atoms with E-state index in [1.807, 2.05) is 6.07 Å². The third-order valence-corrected chi connectivity index (χ3v) is 4.71. The van der Waals surface area contributed by atoms with E-state index < -0.39 is 0 Å². The van der Waals surface area contributed by atoms with E-state index in [0.717, 1.165) is 56.5 Å². The van der Waals surface area contributed by atoms with Gasteiger partial charge < -0.3 is 15.5 Å².